The second-order valence-electron chi connectivity index (χ2n) is 0.933. The maximum Gasteiger partial charge on any atom is 0.210 e. The van der Waals surface area contributed by atoms with E-state index < -0.39 is 5.08 Å². The van der Waals surface area contributed by atoms with Crippen molar-refractivity contribution in [1.82, 2.24) is 0 Å². The molecule has 7 nitrogen and oxygen atoms in total. The van der Waals surface area contributed by atoms with E-state index in [4.69, 9.17) is 5.84 Å². The quantitative estimate of drug-likeness (QED) is 0.225. The number of hydrogen-bond donors (Lipinski definition) is 3. The molecule has 7 heteroatoms. The summed E-state index contributed by atoms with van der Waals surface area (Å²) in [5.74, 6) is 14.0. The first-order valence-corrected chi connectivity index (χ1v) is 1.69. The first kappa shape index (κ1) is 7.72. The highest BCUT2D eigenvalue weighted by molar-refractivity contribution is 3.46. The average Bonchev–Trinajstić information content (AvgIpc) is 1.87. The second kappa shape index (κ2) is 2.89. The van der Waals surface area contributed by atoms with Gasteiger partial charge < -0.3 is 0 Å². The summed E-state index contributed by atoms with van der Waals surface area (Å²) in [6.45, 7) is 0. The van der Waals surface area contributed by atoms with Crippen molar-refractivity contribution in [3.8, 4) is 0 Å². The molecule has 0 atom stereocenters. The second-order valence-corrected chi connectivity index (χ2v) is 0.933. The Kier molecular flexibility index (Phi) is 2.79. The van der Waals surface area contributed by atoms with E-state index in [1.54, 1.807) is 0 Å². The van der Waals surface area contributed by atoms with Gasteiger partial charge in [0.15, 0.2) is 0 Å². The molecule has 0 bridgehead atoms. The third-order valence-corrected chi connectivity index (χ3v) is 0.548. The van der Waals surface area contributed by atoms with Crippen LogP contribution >= 0.6 is 0 Å². The van der Waals surface area contributed by atoms with Gasteiger partial charge in [-0.3, -0.25) is 0 Å². The standard InChI is InChI=1S/CH9N4O3/c1-6-5(2,7-3)8-4/h2-4H2,1H3/q+1. The Morgan fingerprint density at radius 3 is 1.62 bits per heavy atom. The molecule has 6 N–H and O–H groups in total. The third kappa shape index (κ3) is 1.68. The van der Waals surface area contributed by atoms with Crippen molar-refractivity contribution in [3.63, 3.8) is 0 Å². The number of nitrogens with zero attached hydrogens (tertiary/aromatic N) is 1. The zero-order valence-electron chi connectivity index (χ0n) is 4.40. The van der Waals surface area contributed by atoms with E-state index in [0.717, 1.165) is 0 Å². The van der Waals surface area contributed by atoms with Gasteiger partial charge in [-0.25, -0.2) is 0 Å². The van der Waals surface area contributed by atoms with Crippen molar-refractivity contribution >= 4 is 0 Å². The van der Waals surface area contributed by atoms with Crippen LogP contribution in [0.2, 0.25) is 0 Å². The first-order valence-electron chi connectivity index (χ1n) is 1.69. The highest BCUT2D eigenvalue weighted by Gasteiger charge is 2.25. The summed E-state index contributed by atoms with van der Waals surface area (Å²) in [6.07, 6.45) is 0. The minimum Gasteiger partial charge on any atom is -0.151 e. The summed E-state index contributed by atoms with van der Waals surface area (Å²) in [6, 6.07) is 0. The third-order valence-electron chi connectivity index (χ3n) is 0.548. The summed E-state index contributed by atoms with van der Waals surface area (Å²) in [7, 11) is 1.21. The molecule has 0 radical (unpaired) electrons. The van der Waals surface area contributed by atoms with Crippen LogP contribution in [0, 0.1) is 0 Å². The molecule has 0 spiro atoms. The normalized spacial score (nSPS) is 12.0. The fraction of sp³-hybridized carbons (Fsp3) is 1.00. The van der Waals surface area contributed by atoms with Crippen molar-refractivity contribution in [2.24, 2.45) is 17.6 Å². The molecule has 0 rings (SSSR count). The van der Waals surface area contributed by atoms with Gasteiger partial charge in [-0.05, 0) is 9.88 Å². The summed E-state index contributed by atoms with van der Waals surface area (Å²) in [5, 5.41) is -1.24. The number of quaternary nitrogens is 1. The van der Waals surface area contributed by atoms with Crippen LogP contribution in [0.25, 0.3) is 0 Å². The SMILES string of the molecule is CO[N+](N)(ON)ON. The van der Waals surface area contributed by atoms with Crippen LogP contribution in [0.15, 0.2) is 0 Å². The Labute approximate surface area is 45.8 Å². The van der Waals surface area contributed by atoms with Crippen LogP contribution in [0.5, 0.6) is 0 Å². The number of nitrogens with two attached hydrogens (primary N) is 3. The van der Waals surface area contributed by atoms with Crippen molar-refractivity contribution < 1.29 is 19.8 Å². The smallest absolute Gasteiger partial charge is 0.151 e. The highest BCUT2D eigenvalue weighted by Crippen LogP contribution is 1.90. The number of hydrogen-bond acceptors (Lipinski definition) is 6. The molecule has 0 aromatic rings. The average molecular weight is 125 g/mol. The van der Waals surface area contributed by atoms with E-state index >= 15 is 0 Å². The van der Waals surface area contributed by atoms with Crippen LogP contribution in [0.4, 0.5) is 0 Å². The lowest BCUT2D eigenvalue weighted by Gasteiger charge is -2.14. The molecule has 0 saturated heterocycles. The van der Waals surface area contributed by atoms with Gasteiger partial charge in [-0.15, -0.1) is 4.84 Å². The van der Waals surface area contributed by atoms with Crippen molar-refractivity contribution in [1.29, 1.82) is 0 Å². The van der Waals surface area contributed by atoms with Crippen LogP contribution in [-0.4, -0.2) is 12.2 Å². The lowest BCUT2D eigenvalue weighted by Crippen LogP contribution is -2.56. The fourth-order valence-electron chi connectivity index (χ4n) is 0.111. The lowest BCUT2D eigenvalue weighted by molar-refractivity contribution is -1.38. The first-order chi connectivity index (χ1) is 3.68. The van der Waals surface area contributed by atoms with Gasteiger partial charge in [0.05, 0.1) is 0 Å². The Morgan fingerprint density at radius 1 is 1.25 bits per heavy atom. The Balaban J connectivity index is 3.58. The van der Waals surface area contributed by atoms with E-state index in [9.17, 15) is 0 Å². The van der Waals surface area contributed by atoms with Crippen molar-refractivity contribution in [2.75, 3.05) is 7.11 Å². The molecule has 50 valence electrons. The van der Waals surface area contributed by atoms with Crippen molar-refractivity contribution in [2.45, 2.75) is 0 Å². The summed E-state index contributed by atoms with van der Waals surface area (Å²) >= 11 is 0. The van der Waals surface area contributed by atoms with Crippen molar-refractivity contribution in [3.05, 3.63) is 0 Å². The monoisotopic (exact) mass is 125 g/mol. The minimum absolute atomic E-state index is 1.21. The van der Waals surface area contributed by atoms with Crippen LogP contribution in [0.1, 0.15) is 0 Å². The van der Waals surface area contributed by atoms with Crippen LogP contribution in [0.3, 0.4) is 0 Å². The predicted octanol–water partition coefficient (Wildman–Crippen LogP) is -2.15. The predicted molar refractivity (Wildman–Crippen MR) is 22.0 cm³/mol. The van der Waals surface area contributed by atoms with Gasteiger partial charge in [0.2, 0.25) is 5.08 Å². The van der Waals surface area contributed by atoms with Gasteiger partial charge in [-0.2, -0.15) is 11.8 Å². The summed E-state index contributed by atoms with van der Waals surface area (Å²) in [5.41, 5.74) is 0. The molecule has 0 aliphatic rings. The largest absolute Gasteiger partial charge is 0.210 e. The zero-order valence-corrected chi connectivity index (χ0v) is 4.40. The van der Waals surface area contributed by atoms with Gasteiger partial charge in [0, 0.05) is 0 Å². The minimum atomic E-state index is -1.24. The molecular weight excluding hydrogens is 116 g/mol. The molecule has 0 unspecified atom stereocenters. The molecule has 0 aliphatic carbocycles. The number of rotatable bonds is 3. The lowest BCUT2D eigenvalue weighted by atomic mass is 11.7. The highest BCUT2D eigenvalue weighted by atomic mass is 17.3. The maximum absolute atomic E-state index is 4.92. The topological polar surface area (TPSA) is 106 Å². The van der Waals surface area contributed by atoms with Gasteiger partial charge in [-0.1, -0.05) is 5.84 Å². The van der Waals surface area contributed by atoms with Gasteiger partial charge >= 0.3 is 0 Å². The van der Waals surface area contributed by atoms with Crippen LogP contribution in [-0.2, 0) is 14.7 Å². The molecule has 0 heterocycles. The molecule has 0 fully saturated rings. The van der Waals surface area contributed by atoms with Gasteiger partial charge in [0.1, 0.15) is 7.11 Å². The Hall–Kier alpha value is -0.280. The zero-order chi connectivity index (χ0) is 6.62. The van der Waals surface area contributed by atoms with E-state index in [-0.39, 0.29) is 0 Å². The van der Waals surface area contributed by atoms with E-state index in [1.165, 1.54) is 7.11 Å². The molecule has 8 heavy (non-hydrogen) atoms. The molecule has 0 saturated carbocycles. The molecule has 0 aromatic carbocycles. The summed E-state index contributed by atoms with van der Waals surface area (Å²) < 4.78 is 0. The van der Waals surface area contributed by atoms with Crippen LogP contribution < -0.4 is 17.6 Å². The van der Waals surface area contributed by atoms with E-state index in [2.05, 4.69) is 26.5 Å². The Bertz CT molecular complexity index is 54.0. The van der Waals surface area contributed by atoms with Gasteiger partial charge in [0.25, 0.3) is 0 Å². The maximum atomic E-state index is 4.92. The van der Waals surface area contributed by atoms with E-state index in [1.807, 2.05) is 0 Å². The van der Waals surface area contributed by atoms with E-state index in [0.29, 0.717) is 0 Å². The molecule has 0 aromatic heterocycles. The molecular formula is CH9N4O3+. The fourth-order valence-corrected chi connectivity index (χ4v) is 0.111. The molecule has 0 amide bonds. The molecule has 0 aliphatic heterocycles. The Morgan fingerprint density at radius 2 is 1.62 bits per heavy atom. The summed E-state index contributed by atoms with van der Waals surface area (Å²) in [4.78, 5) is 12.0.